The van der Waals surface area contributed by atoms with Crippen molar-refractivity contribution in [3.8, 4) is 0 Å². The van der Waals surface area contributed by atoms with Crippen molar-refractivity contribution in [2.45, 2.75) is 51.2 Å². The summed E-state index contributed by atoms with van der Waals surface area (Å²) < 4.78 is 10.6. The molecule has 2 atom stereocenters. The third-order valence-electron chi connectivity index (χ3n) is 5.40. The van der Waals surface area contributed by atoms with Gasteiger partial charge < -0.3 is 24.6 Å². The molecule has 0 aromatic heterocycles. The molecular weight excluding hydrogens is 338 g/mol. The van der Waals surface area contributed by atoms with E-state index in [9.17, 15) is 14.4 Å². The van der Waals surface area contributed by atoms with Crippen molar-refractivity contribution in [2.24, 2.45) is 5.92 Å². The Morgan fingerprint density at radius 1 is 1.27 bits per heavy atom. The van der Waals surface area contributed by atoms with Crippen LogP contribution in [-0.2, 0) is 19.1 Å². The molecule has 0 spiro atoms. The number of piperidine rings is 1. The highest BCUT2D eigenvalue weighted by Crippen LogP contribution is 2.22. The zero-order valence-corrected chi connectivity index (χ0v) is 15.4. The van der Waals surface area contributed by atoms with Crippen LogP contribution in [0.5, 0.6) is 0 Å². The standard InChI is InChI=1S/C18H29N3O5/c1-2-25-18(24)20-7-5-14(6-8-20)19-17(23)13-10-16(22)21(11-13)12-15-4-3-9-26-15/h13-15H,2-12H2,1H3,(H,19,23). The highest BCUT2D eigenvalue weighted by atomic mass is 16.6. The van der Waals surface area contributed by atoms with Gasteiger partial charge in [0.2, 0.25) is 11.8 Å². The summed E-state index contributed by atoms with van der Waals surface area (Å²) in [7, 11) is 0. The molecule has 3 aliphatic rings. The second kappa shape index (κ2) is 8.70. The van der Waals surface area contributed by atoms with Gasteiger partial charge in [-0.1, -0.05) is 0 Å². The molecule has 8 nitrogen and oxygen atoms in total. The van der Waals surface area contributed by atoms with Crippen LogP contribution in [0.2, 0.25) is 0 Å². The highest BCUT2D eigenvalue weighted by molar-refractivity contribution is 5.89. The first-order chi connectivity index (χ1) is 12.6. The van der Waals surface area contributed by atoms with Crippen LogP contribution in [0.3, 0.4) is 0 Å². The van der Waals surface area contributed by atoms with Gasteiger partial charge in [-0.25, -0.2) is 4.79 Å². The number of amides is 3. The van der Waals surface area contributed by atoms with Gasteiger partial charge in [0.05, 0.1) is 18.6 Å². The third-order valence-corrected chi connectivity index (χ3v) is 5.40. The van der Waals surface area contributed by atoms with Crippen LogP contribution in [0.1, 0.15) is 39.0 Å². The molecule has 0 aliphatic carbocycles. The summed E-state index contributed by atoms with van der Waals surface area (Å²) in [6.07, 6.45) is 3.56. The van der Waals surface area contributed by atoms with Crippen molar-refractivity contribution in [1.29, 1.82) is 0 Å². The molecule has 3 rings (SSSR count). The third kappa shape index (κ3) is 4.66. The van der Waals surface area contributed by atoms with E-state index < -0.39 is 0 Å². The predicted octanol–water partition coefficient (Wildman–Crippen LogP) is 0.751. The lowest BCUT2D eigenvalue weighted by Crippen LogP contribution is -2.48. The van der Waals surface area contributed by atoms with Crippen molar-refractivity contribution in [1.82, 2.24) is 15.1 Å². The van der Waals surface area contributed by atoms with Gasteiger partial charge in [-0.3, -0.25) is 9.59 Å². The summed E-state index contributed by atoms with van der Waals surface area (Å²) >= 11 is 0. The lowest BCUT2D eigenvalue weighted by molar-refractivity contribution is -0.130. The SMILES string of the molecule is CCOC(=O)N1CCC(NC(=O)C2CC(=O)N(CC3CCCO3)C2)CC1. The summed E-state index contributed by atoms with van der Waals surface area (Å²) in [6, 6.07) is 0.0514. The van der Waals surface area contributed by atoms with E-state index in [2.05, 4.69) is 5.32 Å². The van der Waals surface area contributed by atoms with Crippen molar-refractivity contribution in [3.05, 3.63) is 0 Å². The number of ether oxygens (including phenoxy) is 2. The fraction of sp³-hybridized carbons (Fsp3) is 0.833. The second-order valence-corrected chi connectivity index (χ2v) is 7.30. The molecule has 26 heavy (non-hydrogen) atoms. The lowest BCUT2D eigenvalue weighted by Gasteiger charge is -2.32. The van der Waals surface area contributed by atoms with Crippen molar-refractivity contribution in [3.63, 3.8) is 0 Å². The summed E-state index contributed by atoms with van der Waals surface area (Å²) in [5.41, 5.74) is 0. The Bertz CT molecular complexity index is 527. The molecular formula is C18H29N3O5. The summed E-state index contributed by atoms with van der Waals surface area (Å²) in [5, 5.41) is 3.06. The highest BCUT2D eigenvalue weighted by Gasteiger charge is 2.37. The maximum Gasteiger partial charge on any atom is 0.409 e. The van der Waals surface area contributed by atoms with Gasteiger partial charge in [0.15, 0.2) is 0 Å². The summed E-state index contributed by atoms with van der Waals surface area (Å²) in [4.78, 5) is 39.9. The fourth-order valence-electron chi connectivity index (χ4n) is 3.90. The number of rotatable bonds is 5. The van der Waals surface area contributed by atoms with Gasteiger partial charge in [-0.2, -0.15) is 0 Å². The van der Waals surface area contributed by atoms with Gasteiger partial charge in [-0.15, -0.1) is 0 Å². The van der Waals surface area contributed by atoms with E-state index in [0.29, 0.717) is 45.6 Å². The maximum atomic E-state index is 12.5. The molecule has 0 aromatic carbocycles. The van der Waals surface area contributed by atoms with E-state index in [-0.39, 0.29) is 42.4 Å². The molecule has 0 aromatic rings. The number of likely N-dealkylation sites (tertiary alicyclic amines) is 2. The zero-order valence-electron chi connectivity index (χ0n) is 15.4. The van der Waals surface area contributed by atoms with Crippen molar-refractivity contribution in [2.75, 3.05) is 39.4 Å². The Balaban J connectivity index is 1.41. The smallest absolute Gasteiger partial charge is 0.409 e. The summed E-state index contributed by atoms with van der Waals surface area (Å²) in [5.74, 6) is -0.299. The van der Waals surface area contributed by atoms with Gasteiger partial charge in [0.25, 0.3) is 0 Å². The van der Waals surface area contributed by atoms with Crippen LogP contribution >= 0.6 is 0 Å². The van der Waals surface area contributed by atoms with Gasteiger partial charge >= 0.3 is 6.09 Å². The topological polar surface area (TPSA) is 88.2 Å². The van der Waals surface area contributed by atoms with Crippen LogP contribution in [0.15, 0.2) is 0 Å². The van der Waals surface area contributed by atoms with Crippen LogP contribution < -0.4 is 5.32 Å². The quantitative estimate of drug-likeness (QED) is 0.775. The normalized spacial score (nSPS) is 27.0. The lowest BCUT2D eigenvalue weighted by atomic mass is 10.0. The number of nitrogens with zero attached hydrogens (tertiary/aromatic N) is 2. The number of carbonyl (C=O) groups is 3. The molecule has 1 N–H and O–H groups in total. The maximum absolute atomic E-state index is 12.5. The Labute approximate surface area is 154 Å². The van der Waals surface area contributed by atoms with Gasteiger partial charge in [0, 0.05) is 45.2 Å². The molecule has 3 amide bonds. The number of hydrogen-bond acceptors (Lipinski definition) is 5. The van der Waals surface area contributed by atoms with E-state index in [4.69, 9.17) is 9.47 Å². The Hall–Kier alpha value is -1.83. The summed E-state index contributed by atoms with van der Waals surface area (Å²) in [6.45, 7) is 5.16. The molecule has 0 saturated carbocycles. The monoisotopic (exact) mass is 367 g/mol. The molecule has 146 valence electrons. The Morgan fingerprint density at radius 3 is 2.69 bits per heavy atom. The molecule has 0 bridgehead atoms. The first kappa shape index (κ1) is 18.9. The first-order valence-corrected chi connectivity index (χ1v) is 9.68. The molecule has 0 radical (unpaired) electrons. The first-order valence-electron chi connectivity index (χ1n) is 9.68. The minimum atomic E-state index is -0.288. The number of nitrogens with one attached hydrogen (secondary N) is 1. The molecule has 8 heteroatoms. The van der Waals surface area contributed by atoms with Gasteiger partial charge in [0.1, 0.15) is 0 Å². The minimum absolute atomic E-state index is 0.0396. The van der Waals surface area contributed by atoms with Crippen molar-refractivity contribution >= 4 is 17.9 Å². The molecule has 3 heterocycles. The molecule has 3 aliphatic heterocycles. The van der Waals surface area contributed by atoms with Crippen LogP contribution in [0.25, 0.3) is 0 Å². The zero-order chi connectivity index (χ0) is 18.5. The Kier molecular flexibility index (Phi) is 6.34. The van der Waals surface area contributed by atoms with Crippen molar-refractivity contribution < 1.29 is 23.9 Å². The van der Waals surface area contributed by atoms with Gasteiger partial charge in [-0.05, 0) is 32.6 Å². The van der Waals surface area contributed by atoms with E-state index in [0.717, 1.165) is 19.4 Å². The molecule has 2 unspecified atom stereocenters. The number of carbonyl (C=O) groups excluding carboxylic acids is 3. The van der Waals surface area contributed by atoms with Crippen LogP contribution in [-0.4, -0.2) is 79.2 Å². The minimum Gasteiger partial charge on any atom is -0.450 e. The Morgan fingerprint density at radius 2 is 2.04 bits per heavy atom. The predicted molar refractivity (Wildman–Crippen MR) is 93.4 cm³/mol. The average molecular weight is 367 g/mol. The van der Waals surface area contributed by atoms with E-state index in [1.54, 1.807) is 16.7 Å². The average Bonchev–Trinajstić information content (AvgIpc) is 3.26. The number of hydrogen-bond donors (Lipinski definition) is 1. The molecule has 3 fully saturated rings. The van der Waals surface area contributed by atoms with E-state index in [1.807, 2.05) is 0 Å². The fourth-order valence-corrected chi connectivity index (χ4v) is 3.90. The van der Waals surface area contributed by atoms with Crippen LogP contribution in [0, 0.1) is 5.92 Å². The van der Waals surface area contributed by atoms with Crippen LogP contribution in [0.4, 0.5) is 4.79 Å². The van der Waals surface area contributed by atoms with E-state index >= 15 is 0 Å². The molecule has 3 saturated heterocycles. The largest absolute Gasteiger partial charge is 0.450 e. The second-order valence-electron chi connectivity index (χ2n) is 7.30. The van der Waals surface area contributed by atoms with E-state index in [1.165, 1.54) is 0 Å².